The second-order valence-electron chi connectivity index (χ2n) is 9.69. The van der Waals surface area contributed by atoms with Crippen molar-refractivity contribution in [3.8, 4) is 11.3 Å². The second-order valence-corrected chi connectivity index (χ2v) is 9.69. The molecular weight excluding hydrogens is 599 g/mol. The van der Waals surface area contributed by atoms with Gasteiger partial charge in [-0.15, -0.1) is 12.4 Å². The number of carbonyl (C=O) groups is 2. The molecule has 1 saturated carbocycles. The lowest BCUT2D eigenvalue weighted by molar-refractivity contribution is -0.138. The molecule has 1 aliphatic carbocycles. The van der Waals surface area contributed by atoms with Crippen molar-refractivity contribution in [3.05, 3.63) is 41.6 Å². The molecule has 0 spiro atoms. The fraction of sp³-hybridized carbons (Fsp3) is 0.560. The Morgan fingerprint density at radius 3 is 2.25 bits per heavy atom. The Morgan fingerprint density at radius 1 is 1.07 bits per heavy atom. The molecule has 2 aromatic rings. The van der Waals surface area contributed by atoms with Gasteiger partial charge in [-0.1, -0.05) is 31.0 Å². The third kappa shape index (κ3) is 8.73. The Balaban J connectivity index is 0.00000267. The van der Waals surface area contributed by atoms with Crippen LogP contribution in [-0.4, -0.2) is 69.7 Å². The number of hydrogen-bond donors (Lipinski definition) is 2. The van der Waals surface area contributed by atoms with Crippen LogP contribution in [0.4, 0.5) is 22.0 Å². The number of benzene rings is 1. The highest BCUT2D eigenvalue weighted by atomic mass is 35.5. The van der Waals surface area contributed by atoms with Crippen LogP contribution in [0.15, 0.2) is 30.3 Å². The third-order valence-electron chi connectivity index (χ3n) is 6.96. The summed E-state index contributed by atoms with van der Waals surface area (Å²) in [7, 11) is 0. The summed E-state index contributed by atoms with van der Waals surface area (Å²) in [6.45, 7) is -0.0366. The van der Waals surface area contributed by atoms with Crippen LogP contribution in [0.2, 0.25) is 0 Å². The number of nitrogens with zero attached hydrogens (tertiary/aromatic N) is 3. The molecule has 4 rings (SSSR count). The summed E-state index contributed by atoms with van der Waals surface area (Å²) in [6.07, 6.45) is -4.90. The zero-order chi connectivity index (χ0) is 26.7. The maximum atomic E-state index is 13.7. The lowest BCUT2D eigenvalue weighted by Crippen LogP contribution is -2.39. The minimum atomic E-state index is -4.61. The first-order chi connectivity index (χ1) is 17.5. The minimum absolute atomic E-state index is 0. The SMILES string of the molecule is Cl.O=C(O)C[C@H](CCN1C[C@H](F)[C@@H](F)C1)NC(=O)c1cc(-c2ccccc2C(F)(F)F)n(C2CCCC2)n1.S.S. The normalized spacial score (nSPS) is 20.2. The quantitative estimate of drug-likeness (QED) is 0.367. The maximum Gasteiger partial charge on any atom is 0.417 e. The Kier molecular flexibility index (Phi) is 13.7. The number of carboxylic acids is 1. The average molecular weight is 633 g/mol. The molecule has 1 aromatic carbocycles. The van der Waals surface area contributed by atoms with Gasteiger partial charge in [0.25, 0.3) is 5.91 Å². The van der Waals surface area contributed by atoms with Crippen molar-refractivity contribution < 1.29 is 36.6 Å². The third-order valence-corrected chi connectivity index (χ3v) is 6.96. The first kappa shape index (κ1) is 36.0. The highest BCUT2D eigenvalue weighted by Crippen LogP contribution is 2.40. The minimum Gasteiger partial charge on any atom is -0.481 e. The molecule has 2 fully saturated rings. The maximum absolute atomic E-state index is 13.7. The molecule has 2 aliphatic rings. The molecule has 3 atom stereocenters. The van der Waals surface area contributed by atoms with Crippen molar-refractivity contribution >= 4 is 51.3 Å². The van der Waals surface area contributed by atoms with Gasteiger partial charge < -0.3 is 10.4 Å². The van der Waals surface area contributed by atoms with Gasteiger partial charge in [0.2, 0.25) is 0 Å². The molecule has 0 radical (unpaired) electrons. The van der Waals surface area contributed by atoms with E-state index in [1.54, 1.807) is 0 Å². The summed E-state index contributed by atoms with van der Waals surface area (Å²) >= 11 is 0. The van der Waals surface area contributed by atoms with Gasteiger partial charge in [-0.25, -0.2) is 8.78 Å². The van der Waals surface area contributed by atoms with Gasteiger partial charge >= 0.3 is 12.1 Å². The summed E-state index contributed by atoms with van der Waals surface area (Å²) in [5.74, 6) is -1.89. The van der Waals surface area contributed by atoms with Crippen LogP contribution in [0, 0.1) is 0 Å². The number of aliphatic carboxylic acids is 1. The van der Waals surface area contributed by atoms with Crippen molar-refractivity contribution in [1.82, 2.24) is 20.0 Å². The van der Waals surface area contributed by atoms with Gasteiger partial charge in [0.1, 0.15) is 12.3 Å². The number of amides is 1. The van der Waals surface area contributed by atoms with Crippen LogP contribution in [0.1, 0.15) is 60.6 Å². The summed E-state index contributed by atoms with van der Waals surface area (Å²) in [6, 6.07) is 5.39. The topological polar surface area (TPSA) is 87.5 Å². The van der Waals surface area contributed by atoms with Gasteiger partial charge in [0, 0.05) is 31.2 Å². The molecule has 2 heterocycles. The molecule has 15 heteroatoms. The van der Waals surface area contributed by atoms with Crippen LogP contribution < -0.4 is 5.32 Å². The van der Waals surface area contributed by atoms with E-state index in [9.17, 15) is 36.6 Å². The fourth-order valence-corrected chi connectivity index (χ4v) is 5.10. The van der Waals surface area contributed by atoms with E-state index in [2.05, 4.69) is 10.4 Å². The van der Waals surface area contributed by atoms with E-state index < -0.39 is 48.4 Å². The zero-order valence-corrected chi connectivity index (χ0v) is 24.3. The predicted molar refractivity (Wildman–Crippen MR) is 153 cm³/mol. The van der Waals surface area contributed by atoms with Crippen molar-refractivity contribution in [2.24, 2.45) is 0 Å². The van der Waals surface area contributed by atoms with Crippen molar-refractivity contribution in [2.45, 2.75) is 69.1 Å². The lowest BCUT2D eigenvalue weighted by Gasteiger charge is -2.20. The first-order valence-corrected chi connectivity index (χ1v) is 12.3. The van der Waals surface area contributed by atoms with Gasteiger partial charge in [0.15, 0.2) is 5.69 Å². The summed E-state index contributed by atoms with van der Waals surface area (Å²) in [5.41, 5.74) is -0.887. The van der Waals surface area contributed by atoms with Crippen LogP contribution in [0.25, 0.3) is 11.3 Å². The Morgan fingerprint density at radius 2 is 1.68 bits per heavy atom. The van der Waals surface area contributed by atoms with E-state index in [0.29, 0.717) is 12.8 Å². The molecule has 0 bridgehead atoms. The van der Waals surface area contributed by atoms with E-state index in [-0.39, 0.29) is 88.4 Å². The standard InChI is InChI=1S/C25H29F5N4O3.ClH.2H2S/c26-19-13-33(14-20(19)27)10-9-15(11-23(35)36)31-24(37)21-12-22(34(32-21)16-5-1-2-6-16)17-7-3-4-8-18(17)25(28,29)30;;;/h3-4,7-8,12,15-16,19-20H,1-2,5-6,9-11,13-14H2,(H,31,37)(H,35,36);1H;2*1H2/t15-,19-,20-;;;/m0.../s1. The first-order valence-electron chi connectivity index (χ1n) is 12.3. The zero-order valence-electron chi connectivity index (χ0n) is 21.5. The molecule has 2 N–H and O–H groups in total. The second kappa shape index (κ2) is 15.3. The number of nitrogens with one attached hydrogen (secondary N) is 1. The van der Waals surface area contributed by atoms with Gasteiger partial charge in [-0.2, -0.15) is 45.3 Å². The lowest BCUT2D eigenvalue weighted by atomic mass is 10.0. The number of halogens is 6. The smallest absolute Gasteiger partial charge is 0.417 e. The Labute approximate surface area is 249 Å². The summed E-state index contributed by atoms with van der Waals surface area (Å²) < 4.78 is 69.7. The van der Waals surface area contributed by atoms with Gasteiger partial charge in [0.05, 0.1) is 23.7 Å². The summed E-state index contributed by atoms with van der Waals surface area (Å²) in [4.78, 5) is 26.0. The Bertz CT molecular complexity index is 1120. The molecule has 0 unspecified atom stereocenters. The molecule has 1 amide bonds. The number of carboxylic acid groups (broad SMARTS) is 1. The molecule has 40 heavy (non-hydrogen) atoms. The van der Waals surface area contributed by atoms with Gasteiger partial charge in [-0.3, -0.25) is 19.2 Å². The molecule has 1 aromatic heterocycles. The molecule has 226 valence electrons. The highest BCUT2D eigenvalue weighted by molar-refractivity contribution is 7.59. The van der Waals surface area contributed by atoms with Crippen molar-refractivity contribution in [2.75, 3.05) is 19.6 Å². The average Bonchev–Trinajstić information content (AvgIpc) is 3.57. The predicted octanol–water partition coefficient (Wildman–Crippen LogP) is 5.29. The van der Waals surface area contributed by atoms with E-state index >= 15 is 0 Å². The number of rotatable bonds is 9. The monoisotopic (exact) mass is 632 g/mol. The molecule has 1 saturated heterocycles. The van der Waals surface area contributed by atoms with E-state index in [0.717, 1.165) is 18.9 Å². The van der Waals surface area contributed by atoms with Crippen molar-refractivity contribution in [1.29, 1.82) is 0 Å². The largest absolute Gasteiger partial charge is 0.481 e. The van der Waals surface area contributed by atoms with Crippen LogP contribution in [0.3, 0.4) is 0 Å². The number of alkyl halides is 5. The van der Waals surface area contributed by atoms with Crippen LogP contribution in [0.5, 0.6) is 0 Å². The van der Waals surface area contributed by atoms with E-state index in [4.69, 9.17) is 0 Å². The highest BCUT2D eigenvalue weighted by Gasteiger charge is 2.36. The van der Waals surface area contributed by atoms with Crippen LogP contribution >= 0.6 is 39.4 Å². The van der Waals surface area contributed by atoms with Crippen molar-refractivity contribution in [3.63, 3.8) is 0 Å². The number of hydrogen-bond acceptors (Lipinski definition) is 4. The number of carbonyl (C=O) groups excluding carboxylic acids is 1. The fourth-order valence-electron chi connectivity index (χ4n) is 5.10. The number of aromatic nitrogens is 2. The molecule has 1 aliphatic heterocycles. The van der Waals surface area contributed by atoms with E-state index in [1.165, 1.54) is 33.8 Å². The summed E-state index contributed by atoms with van der Waals surface area (Å²) in [5, 5.41) is 16.2. The van der Waals surface area contributed by atoms with Gasteiger partial charge in [-0.05, 0) is 31.4 Å². The Hall–Kier alpha value is -2.03. The van der Waals surface area contributed by atoms with E-state index in [1.807, 2.05) is 0 Å². The molecular formula is C25H34ClF5N4O3S2. The van der Waals surface area contributed by atoms with Crippen LogP contribution in [-0.2, 0) is 11.0 Å². The molecule has 7 nitrogen and oxygen atoms in total. The number of likely N-dealkylation sites (tertiary alicyclic amines) is 1.